The zero-order valence-electron chi connectivity index (χ0n) is 15.1. The quantitative estimate of drug-likeness (QED) is 0.521. The summed E-state index contributed by atoms with van der Waals surface area (Å²) in [6.07, 6.45) is -0.313. The average Bonchev–Trinajstić information content (AvgIpc) is 2.55. The highest BCUT2D eigenvalue weighted by Crippen LogP contribution is 2.45. The fourth-order valence-corrected chi connectivity index (χ4v) is 3.10. The van der Waals surface area contributed by atoms with Gasteiger partial charge in [0.15, 0.2) is 17.3 Å². The summed E-state index contributed by atoms with van der Waals surface area (Å²) in [4.78, 5) is 12.6. The second-order valence-electron chi connectivity index (χ2n) is 7.39. The van der Waals surface area contributed by atoms with Crippen LogP contribution in [0.15, 0.2) is 24.3 Å². The van der Waals surface area contributed by atoms with Crippen LogP contribution in [0.4, 0.5) is 0 Å². The van der Waals surface area contributed by atoms with Crippen molar-refractivity contribution < 1.29 is 35.1 Å². The summed E-state index contributed by atoms with van der Waals surface area (Å²) in [5, 5.41) is 49.7. The molecule has 0 spiro atoms. The Bertz CT molecular complexity index is 896. The summed E-state index contributed by atoms with van der Waals surface area (Å²) in [5.74, 6) is -1.50. The third kappa shape index (κ3) is 3.78. The van der Waals surface area contributed by atoms with Gasteiger partial charge in [0.05, 0.1) is 12.0 Å². The molecule has 2 aromatic carbocycles. The molecule has 0 radical (unpaired) electrons. The van der Waals surface area contributed by atoms with Gasteiger partial charge in [-0.1, -0.05) is 6.07 Å². The van der Waals surface area contributed by atoms with Gasteiger partial charge in [-0.15, -0.1) is 0 Å². The minimum Gasteiger partial charge on any atom is -0.507 e. The van der Waals surface area contributed by atoms with Crippen LogP contribution in [0.1, 0.15) is 54.3 Å². The van der Waals surface area contributed by atoms with Crippen LogP contribution >= 0.6 is 0 Å². The number of hydrogen-bond donors (Lipinski definition) is 5. The summed E-state index contributed by atoms with van der Waals surface area (Å²) < 4.78 is 5.76. The Labute approximate surface area is 156 Å². The lowest BCUT2D eigenvalue weighted by atomic mass is 9.91. The highest BCUT2D eigenvalue weighted by molar-refractivity contribution is 6.03. The molecule has 0 unspecified atom stereocenters. The Kier molecular flexibility index (Phi) is 4.65. The number of aromatic hydroxyl groups is 4. The number of Topliss-reactive ketones (excluding diaryl/α,β-unsaturated/α-hetero) is 1. The van der Waals surface area contributed by atoms with Crippen molar-refractivity contribution >= 4 is 5.78 Å². The number of carbonyl (C=O) groups excluding carboxylic acids is 1. The molecule has 0 aliphatic carbocycles. The first kappa shape index (κ1) is 18.8. The van der Waals surface area contributed by atoms with Gasteiger partial charge in [-0.25, -0.2) is 0 Å². The van der Waals surface area contributed by atoms with Gasteiger partial charge in [0, 0.05) is 11.6 Å². The molecule has 1 atom stereocenters. The van der Waals surface area contributed by atoms with Crippen LogP contribution in [0.2, 0.25) is 0 Å². The Hall–Kier alpha value is -2.93. The molecule has 7 nitrogen and oxygen atoms in total. The summed E-state index contributed by atoms with van der Waals surface area (Å²) in [5.41, 5.74) is -0.318. The van der Waals surface area contributed by atoms with E-state index in [1.165, 1.54) is 24.3 Å². The van der Waals surface area contributed by atoms with E-state index < -0.39 is 11.7 Å². The molecule has 0 saturated carbocycles. The summed E-state index contributed by atoms with van der Waals surface area (Å²) >= 11 is 0. The van der Waals surface area contributed by atoms with Gasteiger partial charge in [0.2, 0.25) is 0 Å². The van der Waals surface area contributed by atoms with Crippen molar-refractivity contribution in [3.8, 4) is 28.7 Å². The van der Waals surface area contributed by atoms with E-state index in [0.29, 0.717) is 5.56 Å². The van der Waals surface area contributed by atoms with Gasteiger partial charge in [-0.05, 0) is 44.4 Å². The van der Waals surface area contributed by atoms with E-state index in [4.69, 9.17) is 4.74 Å². The van der Waals surface area contributed by atoms with E-state index in [1.807, 2.05) is 0 Å². The first-order valence-electron chi connectivity index (χ1n) is 8.58. The van der Waals surface area contributed by atoms with E-state index in [9.17, 15) is 30.3 Å². The Morgan fingerprint density at radius 1 is 1.07 bits per heavy atom. The number of ether oxygens (including phenoxy) is 1. The van der Waals surface area contributed by atoms with E-state index in [0.717, 1.165) is 0 Å². The molecule has 1 aliphatic heterocycles. The molecule has 0 bridgehead atoms. The maximum atomic E-state index is 12.6. The van der Waals surface area contributed by atoms with Crippen LogP contribution in [0, 0.1) is 0 Å². The molecule has 144 valence electrons. The highest BCUT2D eigenvalue weighted by Gasteiger charge is 2.33. The number of carbonyl (C=O) groups is 1. The predicted molar refractivity (Wildman–Crippen MR) is 96.5 cm³/mol. The lowest BCUT2D eigenvalue weighted by Crippen LogP contribution is -2.22. The number of phenolic OH excluding ortho intramolecular Hbond substituents is 4. The van der Waals surface area contributed by atoms with E-state index in [-0.39, 0.29) is 64.9 Å². The van der Waals surface area contributed by atoms with Crippen molar-refractivity contribution in [2.75, 3.05) is 0 Å². The first-order valence-corrected chi connectivity index (χ1v) is 8.58. The third-order valence-electron chi connectivity index (χ3n) is 4.62. The van der Waals surface area contributed by atoms with Crippen molar-refractivity contribution in [1.29, 1.82) is 0 Å². The van der Waals surface area contributed by atoms with E-state index in [2.05, 4.69) is 0 Å². The molecule has 3 rings (SSSR count). The summed E-state index contributed by atoms with van der Waals surface area (Å²) in [6, 6.07) is 5.40. The lowest BCUT2D eigenvalue weighted by molar-refractivity contribution is 0.0711. The standard InChI is InChI=1S/C20H22O7/c1-20(2,26)6-5-11-13(22)8-17-18(19(11)25)15(24)9-16(27-17)10-3-4-12(21)14(23)7-10/h3-4,7-8,16,21-23,25-26H,5-6,9H2,1-2H3/t16-/m0/s1. The van der Waals surface area contributed by atoms with Gasteiger partial charge in [0.1, 0.15) is 28.9 Å². The van der Waals surface area contributed by atoms with Gasteiger partial charge < -0.3 is 30.3 Å². The van der Waals surface area contributed by atoms with E-state index in [1.54, 1.807) is 13.8 Å². The Morgan fingerprint density at radius 3 is 2.41 bits per heavy atom. The Balaban J connectivity index is 1.95. The van der Waals surface area contributed by atoms with Crippen molar-refractivity contribution in [2.45, 2.75) is 44.8 Å². The largest absolute Gasteiger partial charge is 0.507 e. The van der Waals surface area contributed by atoms with Crippen molar-refractivity contribution in [3.63, 3.8) is 0 Å². The van der Waals surface area contributed by atoms with Crippen LogP contribution in [-0.4, -0.2) is 36.9 Å². The smallest absolute Gasteiger partial charge is 0.174 e. The molecular formula is C20H22O7. The number of phenols is 4. The van der Waals surface area contributed by atoms with Crippen molar-refractivity contribution in [1.82, 2.24) is 0 Å². The number of benzene rings is 2. The molecule has 1 aliphatic rings. The second kappa shape index (κ2) is 6.66. The minimum atomic E-state index is -0.985. The van der Waals surface area contributed by atoms with Crippen molar-refractivity contribution in [2.24, 2.45) is 0 Å². The van der Waals surface area contributed by atoms with Gasteiger partial charge in [-0.3, -0.25) is 4.79 Å². The first-order chi connectivity index (χ1) is 12.6. The predicted octanol–water partition coefficient (Wildman–Crippen LogP) is 2.92. The molecule has 0 amide bonds. The minimum absolute atomic E-state index is 0.00204. The number of aliphatic hydroxyl groups is 1. The van der Waals surface area contributed by atoms with Crippen LogP contribution in [-0.2, 0) is 6.42 Å². The van der Waals surface area contributed by atoms with Crippen molar-refractivity contribution in [3.05, 3.63) is 41.0 Å². The van der Waals surface area contributed by atoms with E-state index >= 15 is 0 Å². The fourth-order valence-electron chi connectivity index (χ4n) is 3.10. The molecule has 0 fully saturated rings. The average molecular weight is 374 g/mol. The van der Waals surface area contributed by atoms with Crippen LogP contribution in [0.5, 0.6) is 28.7 Å². The molecule has 7 heteroatoms. The topological polar surface area (TPSA) is 127 Å². The molecule has 2 aromatic rings. The fraction of sp³-hybridized carbons (Fsp3) is 0.350. The summed E-state index contributed by atoms with van der Waals surface area (Å²) in [6.45, 7) is 3.23. The van der Waals surface area contributed by atoms with Gasteiger partial charge in [0.25, 0.3) is 0 Å². The maximum absolute atomic E-state index is 12.6. The molecule has 0 saturated heterocycles. The lowest BCUT2D eigenvalue weighted by Gasteiger charge is -2.27. The second-order valence-corrected chi connectivity index (χ2v) is 7.39. The zero-order chi connectivity index (χ0) is 19.9. The van der Waals surface area contributed by atoms with Crippen LogP contribution in [0.25, 0.3) is 0 Å². The number of hydrogen-bond acceptors (Lipinski definition) is 7. The third-order valence-corrected chi connectivity index (χ3v) is 4.62. The van der Waals surface area contributed by atoms with Crippen LogP contribution < -0.4 is 4.74 Å². The van der Waals surface area contributed by atoms with Crippen LogP contribution in [0.3, 0.4) is 0 Å². The van der Waals surface area contributed by atoms with Gasteiger partial charge in [-0.2, -0.15) is 0 Å². The molecule has 0 aromatic heterocycles. The Morgan fingerprint density at radius 2 is 1.78 bits per heavy atom. The molecular weight excluding hydrogens is 352 g/mol. The normalized spacial score (nSPS) is 16.7. The highest BCUT2D eigenvalue weighted by atomic mass is 16.5. The zero-order valence-corrected chi connectivity index (χ0v) is 15.1. The SMILES string of the molecule is CC(C)(O)CCc1c(O)cc2c(c1O)C(=O)C[C@@H](c1ccc(O)c(O)c1)O2. The number of rotatable bonds is 4. The van der Waals surface area contributed by atoms with Gasteiger partial charge >= 0.3 is 0 Å². The summed E-state index contributed by atoms with van der Waals surface area (Å²) in [7, 11) is 0. The number of fused-ring (bicyclic) bond motifs is 1. The molecule has 5 N–H and O–H groups in total. The maximum Gasteiger partial charge on any atom is 0.174 e. The monoisotopic (exact) mass is 374 g/mol. The number of ketones is 1. The molecule has 27 heavy (non-hydrogen) atoms. The molecule has 1 heterocycles.